The normalized spacial score (nSPS) is 31.8. The van der Waals surface area contributed by atoms with Crippen molar-refractivity contribution < 1.29 is 23.9 Å². The van der Waals surface area contributed by atoms with Gasteiger partial charge in [-0.3, -0.25) is 14.4 Å². The van der Waals surface area contributed by atoms with E-state index in [4.69, 9.17) is 9.47 Å². The molecule has 3 aliphatic rings. The number of ketones is 1. The number of allylic oxidation sites excluding steroid dienone is 2. The molecule has 2 fully saturated rings. The van der Waals surface area contributed by atoms with Gasteiger partial charge in [-0.15, -0.1) is 0 Å². The highest BCUT2D eigenvalue weighted by molar-refractivity contribution is 6.06. The molecule has 0 aromatic heterocycles. The molecular weight excluding hydrogens is 260 g/mol. The van der Waals surface area contributed by atoms with Gasteiger partial charge < -0.3 is 9.47 Å². The third-order valence-corrected chi connectivity index (χ3v) is 5.59. The van der Waals surface area contributed by atoms with Crippen LogP contribution in [-0.4, -0.2) is 31.9 Å². The van der Waals surface area contributed by atoms with E-state index in [9.17, 15) is 14.4 Å². The molecule has 0 heterocycles. The Balaban J connectivity index is 2.07. The lowest BCUT2D eigenvalue weighted by atomic mass is 9.70. The van der Waals surface area contributed by atoms with Crippen LogP contribution in [0.25, 0.3) is 0 Å². The summed E-state index contributed by atoms with van der Waals surface area (Å²) < 4.78 is 9.67. The molecule has 0 bridgehead atoms. The van der Waals surface area contributed by atoms with Crippen molar-refractivity contribution in [2.24, 2.45) is 16.2 Å². The van der Waals surface area contributed by atoms with Crippen molar-refractivity contribution in [1.29, 1.82) is 0 Å². The van der Waals surface area contributed by atoms with Crippen LogP contribution in [0.4, 0.5) is 0 Å². The first-order chi connectivity index (χ1) is 9.36. The van der Waals surface area contributed by atoms with Gasteiger partial charge in [0.05, 0.1) is 14.2 Å². The molecule has 1 atom stereocenters. The lowest BCUT2D eigenvalue weighted by Crippen LogP contribution is -2.41. The highest BCUT2D eigenvalue weighted by Gasteiger charge is 2.73. The van der Waals surface area contributed by atoms with Crippen LogP contribution < -0.4 is 0 Å². The van der Waals surface area contributed by atoms with Gasteiger partial charge >= 0.3 is 11.9 Å². The molecular formula is C15H18O5. The van der Waals surface area contributed by atoms with Crippen molar-refractivity contribution in [3.8, 4) is 0 Å². The Bertz CT molecular complexity index is 539. The van der Waals surface area contributed by atoms with Crippen molar-refractivity contribution in [1.82, 2.24) is 0 Å². The van der Waals surface area contributed by atoms with Crippen LogP contribution in [0.1, 0.15) is 32.6 Å². The molecule has 3 aliphatic carbocycles. The summed E-state index contributed by atoms with van der Waals surface area (Å²) in [5, 5.41) is 0. The third-order valence-electron chi connectivity index (χ3n) is 5.59. The summed E-state index contributed by atoms with van der Waals surface area (Å²) in [6, 6.07) is 0. The second-order valence-electron chi connectivity index (χ2n) is 6.37. The molecule has 3 rings (SSSR count). The molecule has 0 radical (unpaired) electrons. The van der Waals surface area contributed by atoms with Crippen LogP contribution in [0.3, 0.4) is 0 Å². The van der Waals surface area contributed by atoms with Crippen molar-refractivity contribution >= 4 is 17.7 Å². The maximum atomic E-state index is 12.2. The predicted octanol–water partition coefficient (Wildman–Crippen LogP) is 1.41. The van der Waals surface area contributed by atoms with E-state index >= 15 is 0 Å². The van der Waals surface area contributed by atoms with Crippen molar-refractivity contribution in [2.75, 3.05) is 14.2 Å². The van der Waals surface area contributed by atoms with Crippen LogP contribution in [-0.2, 0) is 23.9 Å². The van der Waals surface area contributed by atoms with E-state index in [0.29, 0.717) is 6.42 Å². The Kier molecular flexibility index (Phi) is 2.48. The lowest BCUT2D eigenvalue weighted by molar-refractivity contribution is -0.169. The molecule has 2 saturated carbocycles. The van der Waals surface area contributed by atoms with Crippen molar-refractivity contribution in [3.63, 3.8) is 0 Å². The standard InChI is InChI=1S/C15H18O5/c1-13-8-14(11(17)19-2,12(18)20-3)7-9(13)6-10(16)15(13)4-5-15/h6H,4-5,7-8H2,1-3H3. The number of hydrogen-bond acceptors (Lipinski definition) is 5. The number of methoxy groups -OCH3 is 2. The Hall–Kier alpha value is -1.65. The predicted molar refractivity (Wildman–Crippen MR) is 68.6 cm³/mol. The van der Waals surface area contributed by atoms with E-state index in [1.165, 1.54) is 14.2 Å². The fourth-order valence-corrected chi connectivity index (χ4v) is 4.24. The van der Waals surface area contributed by atoms with Crippen LogP contribution >= 0.6 is 0 Å². The first kappa shape index (κ1) is 13.3. The largest absolute Gasteiger partial charge is 0.468 e. The van der Waals surface area contributed by atoms with Gasteiger partial charge in [0.25, 0.3) is 0 Å². The fourth-order valence-electron chi connectivity index (χ4n) is 4.24. The second-order valence-corrected chi connectivity index (χ2v) is 6.37. The number of ether oxygens (including phenoxy) is 2. The first-order valence-electron chi connectivity index (χ1n) is 6.79. The zero-order valence-corrected chi connectivity index (χ0v) is 11.9. The fraction of sp³-hybridized carbons (Fsp3) is 0.667. The Morgan fingerprint density at radius 2 is 1.70 bits per heavy atom. The molecule has 108 valence electrons. The van der Waals surface area contributed by atoms with E-state index in [1.807, 2.05) is 6.92 Å². The highest BCUT2D eigenvalue weighted by atomic mass is 16.5. The Morgan fingerprint density at radius 3 is 2.15 bits per heavy atom. The number of carbonyl (C=O) groups is 3. The summed E-state index contributed by atoms with van der Waals surface area (Å²) in [5.41, 5.74) is -1.19. The molecule has 0 aromatic rings. The maximum Gasteiger partial charge on any atom is 0.323 e. The summed E-state index contributed by atoms with van der Waals surface area (Å²) in [4.78, 5) is 36.5. The van der Waals surface area contributed by atoms with Crippen LogP contribution in [0.15, 0.2) is 11.6 Å². The molecule has 0 aromatic carbocycles. The molecule has 0 aliphatic heterocycles. The van der Waals surface area contributed by atoms with E-state index < -0.39 is 22.8 Å². The van der Waals surface area contributed by atoms with Gasteiger partial charge in [-0.2, -0.15) is 0 Å². The number of carbonyl (C=O) groups excluding carboxylic acids is 3. The van der Waals surface area contributed by atoms with E-state index in [0.717, 1.165) is 18.4 Å². The maximum absolute atomic E-state index is 12.2. The molecule has 1 spiro atoms. The van der Waals surface area contributed by atoms with Gasteiger partial charge in [-0.05, 0) is 31.8 Å². The summed E-state index contributed by atoms with van der Waals surface area (Å²) >= 11 is 0. The average molecular weight is 278 g/mol. The number of hydrogen-bond donors (Lipinski definition) is 0. The van der Waals surface area contributed by atoms with E-state index in [1.54, 1.807) is 6.08 Å². The van der Waals surface area contributed by atoms with Gasteiger partial charge in [0.2, 0.25) is 0 Å². The van der Waals surface area contributed by atoms with Gasteiger partial charge in [0, 0.05) is 10.8 Å². The molecule has 5 heteroatoms. The van der Waals surface area contributed by atoms with Crippen LogP contribution in [0, 0.1) is 16.2 Å². The smallest absolute Gasteiger partial charge is 0.323 e. The quantitative estimate of drug-likeness (QED) is 0.564. The molecule has 20 heavy (non-hydrogen) atoms. The first-order valence-corrected chi connectivity index (χ1v) is 6.79. The second kappa shape index (κ2) is 3.71. The van der Waals surface area contributed by atoms with E-state index in [-0.39, 0.29) is 17.6 Å². The zero-order chi connectivity index (χ0) is 14.8. The third kappa shape index (κ3) is 1.26. The lowest BCUT2D eigenvalue weighted by Gasteiger charge is -2.31. The molecule has 5 nitrogen and oxygen atoms in total. The van der Waals surface area contributed by atoms with Gasteiger partial charge in [0.15, 0.2) is 11.2 Å². The van der Waals surface area contributed by atoms with Gasteiger partial charge in [0.1, 0.15) is 0 Å². The van der Waals surface area contributed by atoms with Gasteiger partial charge in [-0.1, -0.05) is 12.5 Å². The summed E-state index contributed by atoms with van der Waals surface area (Å²) in [6.07, 6.45) is 3.84. The van der Waals surface area contributed by atoms with Gasteiger partial charge in [-0.25, -0.2) is 0 Å². The number of esters is 2. The minimum absolute atomic E-state index is 0.151. The number of fused-ring (bicyclic) bond motifs is 2. The minimum Gasteiger partial charge on any atom is -0.468 e. The SMILES string of the molecule is COC(=O)C1(C(=O)OC)CC2=CC(=O)C3(CC3)C2(C)C1. The molecule has 0 amide bonds. The zero-order valence-electron chi connectivity index (χ0n) is 11.9. The van der Waals surface area contributed by atoms with E-state index in [2.05, 4.69) is 0 Å². The summed E-state index contributed by atoms with van der Waals surface area (Å²) in [6.45, 7) is 1.99. The van der Waals surface area contributed by atoms with Crippen LogP contribution in [0.2, 0.25) is 0 Å². The van der Waals surface area contributed by atoms with Crippen molar-refractivity contribution in [2.45, 2.75) is 32.6 Å². The Labute approximate surface area is 117 Å². The molecule has 1 unspecified atom stereocenters. The highest BCUT2D eigenvalue weighted by Crippen LogP contribution is 2.73. The minimum atomic E-state index is -1.29. The average Bonchev–Trinajstić information content (AvgIpc) is 3.16. The number of rotatable bonds is 2. The Morgan fingerprint density at radius 1 is 1.15 bits per heavy atom. The monoisotopic (exact) mass is 278 g/mol. The summed E-state index contributed by atoms with van der Waals surface area (Å²) in [5.74, 6) is -0.980. The molecule has 0 N–H and O–H groups in total. The van der Waals surface area contributed by atoms with Crippen LogP contribution in [0.5, 0.6) is 0 Å². The molecule has 0 saturated heterocycles. The summed E-state index contributed by atoms with van der Waals surface area (Å²) in [7, 11) is 2.55. The van der Waals surface area contributed by atoms with Crippen molar-refractivity contribution in [3.05, 3.63) is 11.6 Å². The topological polar surface area (TPSA) is 69.7 Å².